The fourth-order valence-corrected chi connectivity index (χ4v) is 3.74. The van der Waals surface area contributed by atoms with Crippen molar-refractivity contribution in [2.45, 2.75) is 45.4 Å². The molecule has 0 bridgehead atoms. The highest BCUT2D eigenvalue weighted by atomic mass is 16.5. The Morgan fingerprint density at radius 2 is 2.00 bits per heavy atom. The molecule has 0 radical (unpaired) electrons. The first-order valence-electron chi connectivity index (χ1n) is 9.67. The van der Waals surface area contributed by atoms with Crippen molar-refractivity contribution in [2.75, 3.05) is 6.61 Å². The zero-order valence-corrected chi connectivity index (χ0v) is 15.9. The van der Waals surface area contributed by atoms with Crippen LogP contribution in [-0.4, -0.2) is 16.7 Å². The normalized spacial score (nSPS) is 15.7. The molecule has 4 rings (SSSR count). The van der Waals surface area contributed by atoms with Gasteiger partial charge in [0.15, 0.2) is 0 Å². The van der Waals surface area contributed by atoms with Crippen molar-refractivity contribution in [2.24, 2.45) is 0 Å². The fraction of sp³-hybridized carbons (Fsp3) is 0.348. The minimum atomic E-state index is 0.235. The van der Waals surface area contributed by atoms with E-state index in [0.29, 0.717) is 24.8 Å². The molecule has 2 aromatic carbocycles. The number of phenolic OH excluding ortho intramolecular Hbond substituents is 1. The number of aryl methyl sites for hydroxylation is 2. The van der Waals surface area contributed by atoms with Gasteiger partial charge in [0.05, 0.1) is 12.3 Å². The molecule has 1 atom stereocenters. The third-order valence-electron chi connectivity index (χ3n) is 5.31. The number of phenols is 1. The van der Waals surface area contributed by atoms with Gasteiger partial charge in [-0.05, 0) is 66.3 Å². The summed E-state index contributed by atoms with van der Waals surface area (Å²) in [5.41, 5.74) is 4.69. The Kier molecular flexibility index (Phi) is 4.88. The molecular weight excluding hydrogens is 338 g/mol. The van der Waals surface area contributed by atoms with Crippen molar-refractivity contribution in [1.29, 1.82) is 0 Å². The molecule has 0 unspecified atom stereocenters. The van der Waals surface area contributed by atoms with Crippen molar-refractivity contribution >= 4 is 0 Å². The fourth-order valence-electron chi connectivity index (χ4n) is 3.74. The van der Waals surface area contributed by atoms with Crippen molar-refractivity contribution < 1.29 is 14.3 Å². The Balaban J connectivity index is 1.43. The summed E-state index contributed by atoms with van der Waals surface area (Å²) in [5.74, 6) is 3.31. The van der Waals surface area contributed by atoms with Gasteiger partial charge in [-0.3, -0.25) is 0 Å². The summed E-state index contributed by atoms with van der Waals surface area (Å²) in [6.07, 6.45) is 3.87. The SMILES string of the molecule is CCc1oc(-c2ccc(O)cc2)nc1CCOc1ccc2c(c1)CC[C@H]2C. The smallest absolute Gasteiger partial charge is 0.226 e. The average Bonchev–Trinajstić information content (AvgIpc) is 3.26. The highest BCUT2D eigenvalue weighted by molar-refractivity contribution is 5.55. The maximum absolute atomic E-state index is 9.44. The molecule has 1 aromatic heterocycles. The Morgan fingerprint density at radius 3 is 2.78 bits per heavy atom. The molecule has 140 valence electrons. The van der Waals surface area contributed by atoms with Gasteiger partial charge in [0.1, 0.15) is 17.3 Å². The van der Waals surface area contributed by atoms with E-state index in [1.165, 1.54) is 17.5 Å². The molecule has 0 amide bonds. The van der Waals surface area contributed by atoms with Crippen molar-refractivity contribution in [3.05, 3.63) is 65.0 Å². The average molecular weight is 363 g/mol. The van der Waals surface area contributed by atoms with E-state index in [-0.39, 0.29) is 5.75 Å². The first-order valence-corrected chi connectivity index (χ1v) is 9.67. The molecule has 4 nitrogen and oxygen atoms in total. The van der Waals surface area contributed by atoms with Gasteiger partial charge < -0.3 is 14.3 Å². The van der Waals surface area contributed by atoms with E-state index in [1.54, 1.807) is 12.1 Å². The molecule has 1 N–H and O–H groups in total. The van der Waals surface area contributed by atoms with E-state index in [9.17, 15) is 5.11 Å². The van der Waals surface area contributed by atoms with E-state index < -0.39 is 0 Å². The first-order chi connectivity index (χ1) is 13.1. The van der Waals surface area contributed by atoms with Crippen LogP contribution >= 0.6 is 0 Å². The van der Waals surface area contributed by atoms with Crippen LogP contribution in [0.4, 0.5) is 0 Å². The topological polar surface area (TPSA) is 55.5 Å². The Labute approximate surface area is 159 Å². The maximum atomic E-state index is 9.44. The van der Waals surface area contributed by atoms with Crippen LogP contribution in [0.1, 0.15) is 48.8 Å². The number of aromatic hydroxyl groups is 1. The summed E-state index contributed by atoms with van der Waals surface area (Å²) < 4.78 is 11.9. The van der Waals surface area contributed by atoms with Crippen molar-refractivity contribution in [3.8, 4) is 23.0 Å². The number of aromatic nitrogens is 1. The summed E-state index contributed by atoms with van der Waals surface area (Å²) in [4.78, 5) is 4.65. The quantitative estimate of drug-likeness (QED) is 0.647. The molecule has 0 saturated carbocycles. The predicted octanol–water partition coefficient (Wildman–Crippen LogP) is 5.28. The van der Waals surface area contributed by atoms with E-state index >= 15 is 0 Å². The van der Waals surface area contributed by atoms with E-state index in [4.69, 9.17) is 9.15 Å². The second-order valence-electron chi connectivity index (χ2n) is 7.19. The largest absolute Gasteiger partial charge is 0.508 e. The lowest BCUT2D eigenvalue weighted by Crippen LogP contribution is -2.04. The number of hydrogen-bond donors (Lipinski definition) is 1. The molecule has 27 heavy (non-hydrogen) atoms. The molecule has 0 fully saturated rings. The van der Waals surface area contributed by atoms with Crippen LogP contribution in [0.3, 0.4) is 0 Å². The van der Waals surface area contributed by atoms with E-state index in [1.807, 2.05) is 12.1 Å². The van der Waals surface area contributed by atoms with Crippen LogP contribution in [0, 0.1) is 0 Å². The molecule has 1 aliphatic carbocycles. The molecule has 0 spiro atoms. The third kappa shape index (κ3) is 3.70. The molecule has 3 aromatic rings. The summed E-state index contributed by atoms with van der Waals surface area (Å²) in [7, 11) is 0. The van der Waals surface area contributed by atoms with Crippen molar-refractivity contribution in [3.63, 3.8) is 0 Å². The maximum Gasteiger partial charge on any atom is 0.226 e. The lowest BCUT2D eigenvalue weighted by atomic mass is 10.0. The number of oxazole rings is 1. The van der Waals surface area contributed by atoms with E-state index in [2.05, 4.69) is 37.0 Å². The molecule has 0 saturated heterocycles. The monoisotopic (exact) mass is 363 g/mol. The van der Waals surface area contributed by atoms with Gasteiger partial charge in [-0.25, -0.2) is 4.98 Å². The highest BCUT2D eigenvalue weighted by Gasteiger charge is 2.19. The second kappa shape index (κ2) is 7.47. The molecule has 1 heterocycles. The van der Waals surface area contributed by atoms with E-state index in [0.717, 1.165) is 35.6 Å². The van der Waals surface area contributed by atoms with Crippen LogP contribution in [0.5, 0.6) is 11.5 Å². The number of rotatable bonds is 6. The Morgan fingerprint density at radius 1 is 1.19 bits per heavy atom. The number of ether oxygens (including phenoxy) is 1. The lowest BCUT2D eigenvalue weighted by Gasteiger charge is -2.09. The third-order valence-corrected chi connectivity index (χ3v) is 5.31. The van der Waals surface area contributed by atoms with Crippen molar-refractivity contribution in [1.82, 2.24) is 4.98 Å². The van der Waals surface area contributed by atoms with Gasteiger partial charge in [0, 0.05) is 18.4 Å². The Hall–Kier alpha value is -2.75. The zero-order chi connectivity index (χ0) is 18.8. The number of hydrogen-bond acceptors (Lipinski definition) is 4. The summed E-state index contributed by atoms with van der Waals surface area (Å²) >= 11 is 0. The van der Waals surface area contributed by atoms with Gasteiger partial charge in [-0.1, -0.05) is 19.9 Å². The number of nitrogens with zero attached hydrogens (tertiary/aromatic N) is 1. The molecule has 1 aliphatic rings. The summed E-state index contributed by atoms with van der Waals surface area (Å²) in [5, 5.41) is 9.44. The van der Waals surface area contributed by atoms with Crippen LogP contribution in [0.25, 0.3) is 11.5 Å². The van der Waals surface area contributed by atoms with Gasteiger partial charge in [-0.2, -0.15) is 0 Å². The molecular formula is C23H25NO3. The minimum Gasteiger partial charge on any atom is -0.508 e. The van der Waals surface area contributed by atoms with Gasteiger partial charge in [-0.15, -0.1) is 0 Å². The van der Waals surface area contributed by atoms with Gasteiger partial charge in [0.2, 0.25) is 5.89 Å². The minimum absolute atomic E-state index is 0.235. The molecule has 0 aliphatic heterocycles. The molecule has 4 heteroatoms. The number of fused-ring (bicyclic) bond motifs is 1. The first kappa shape index (κ1) is 17.7. The van der Waals surface area contributed by atoms with Crippen LogP contribution < -0.4 is 4.74 Å². The zero-order valence-electron chi connectivity index (χ0n) is 15.9. The van der Waals surface area contributed by atoms with Gasteiger partial charge >= 0.3 is 0 Å². The van der Waals surface area contributed by atoms with Crippen LogP contribution in [0.15, 0.2) is 46.9 Å². The summed E-state index contributed by atoms with van der Waals surface area (Å²) in [6.45, 7) is 4.92. The standard InChI is InChI=1S/C23H25NO3/c1-3-22-21(24-23(27-22)16-6-8-18(25)9-7-16)12-13-26-19-10-11-20-15(2)4-5-17(20)14-19/h6-11,14-15,25H,3-5,12-13H2,1-2H3/t15-/m1/s1. The van der Waals surface area contributed by atoms with Gasteiger partial charge in [0.25, 0.3) is 0 Å². The van der Waals surface area contributed by atoms with Crippen LogP contribution in [-0.2, 0) is 19.3 Å². The van der Waals surface area contributed by atoms with Crippen LogP contribution in [0.2, 0.25) is 0 Å². The predicted molar refractivity (Wildman–Crippen MR) is 105 cm³/mol. The summed E-state index contributed by atoms with van der Waals surface area (Å²) in [6, 6.07) is 13.4. The second-order valence-corrected chi connectivity index (χ2v) is 7.19. The Bertz CT molecular complexity index is 927. The lowest BCUT2D eigenvalue weighted by molar-refractivity contribution is 0.319. The highest BCUT2D eigenvalue weighted by Crippen LogP contribution is 2.34. The number of benzene rings is 2.